The quantitative estimate of drug-likeness (QED) is 0.580. The van der Waals surface area contributed by atoms with Crippen molar-refractivity contribution in [1.82, 2.24) is 14.9 Å². The largest absolute Gasteiger partial charge is 0.497 e. The van der Waals surface area contributed by atoms with Gasteiger partial charge in [-0.15, -0.1) is 11.3 Å². The molecule has 1 N–H and O–H groups in total. The summed E-state index contributed by atoms with van der Waals surface area (Å²) in [4.78, 5) is 23.2. The highest BCUT2D eigenvalue weighted by Gasteiger charge is 2.31. The van der Waals surface area contributed by atoms with E-state index in [0.29, 0.717) is 22.6 Å². The summed E-state index contributed by atoms with van der Waals surface area (Å²) in [5.74, 6) is 1.40. The lowest BCUT2D eigenvalue weighted by Gasteiger charge is -2.20. The van der Waals surface area contributed by atoms with Crippen LogP contribution in [0.1, 0.15) is 33.6 Å². The van der Waals surface area contributed by atoms with Gasteiger partial charge in [-0.25, -0.2) is 9.97 Å². The van der Waals surface area contributed by atoms with Gasteiger partial charge < -0.3 is 14.8 Å². The number of thiazole rings is 1. The number of hydrogen-bond acceptors (Lipinski definition) is 7. The maximum Gasteiger partial charge on any atom is 0.223 e. The zero-order valence-corrected chi connectivity index (χ0v) is 19.2. The minimum Gasteiger partial charge on any atom is -0.497 e. The molecule has 164 valence electrons. The molecule has 2 unspecified atom stereocenters. The minimum absolute atomic E-state index is 0.135. The highest BCUT2D eigenvalue weighted by atomic mass is 32.1. The lowest BCUT2D eigenvalue weighted by Crippen LogP contribution is -2.29. The molecular formula is C23H28N4O3S. The Labute approximate surface area is 186 Å². The number of aromatic nitrogens is 2. The van der Waals surface area contributed by atoms with E-state index < -0.39 is 0 Å². The molecule has 3 aromatic rings. The molecule has 0 aliphatic carbocycles. The van der Waals surface area contributed by atoms with Gasteiger partial charge in [-0.05, 0) is 25.1 Å². The Hall–Kier alpha value is -2.71. The maximum absolute atomic E-state index is 11.4. The molecule has 2 atom stereocenters. The van der Waals surface area contributed by atoms with Crippen molar-refractivity contribution in [2.75, 3.05) is 25.5 Å². The van der Waals surface area contributed by atoms with Gasteiger partial charge in [0.05, 0.1) is 18.3 Å². The molecule has 31 heavy (non-hydrogen) atoms. The number of hydrogen-bond donors (Lipinski definition) is 1. The molecule has 0 spiro atoms. The van der Waals surface area contributed by atoms with E-state index in [1.54, 1.807) is 7.11 Å². The molecule has 4 rings (SSSR count). The van der Waals surface area contributed by atoms with Gasteiger partial charge in [0.1, 0.15) is 23.3 Å². The Balaban J connectivity index is 1.71. The number of ether oxygens (including phenoxy) is 2. The molecule has 1 aliphatic heterocycles. The Morgan fingerprint density at radius 1 is 1.26 bits per heavy atom. The molecular weight excluding hydrogens is 412 g/mol. The number of carbonyl (C=O) groups is 1. The number of pyridine rings is 1. The van der Waals surface area contributed by atoms with E-state index in [0.717, 1.165) is 48.3 Å². The molecule has 0 saturated carbocycles. The van der Waals surface area contributed by atoms with Crippen LogP contribution in [0.5, 0.6) is 11.5 Å². The summed E-state index contributed by atoms with van der Waals surface area (Å²) in [6.45, 7) is 7.86. The molecule has 0 radical (unpaired) electrons. The maximum atomic E-state index is 11.4. The number of benzene rings is 1. The van der Waals surface area contributed by atoms with E-state index in [1.807, 2.05) is 29.6 Å². The third kappa shape index (κ3) is 4.65. The van der Waals surface area contributed by atoms with Gasteiger partial charge in [-0.1, -0.05) is 13.8 Å². The predicted octanol–water partition coefficient (Wildman–Crippen LogP) is 4.58. The normalized spacial score (nSPS) is 19.0. The van der Waals surface area contributed by atoms with Crippen molar-refractivity contribution in [1.29, 1.82) is 0 Å². The first-order valence-electron chi connectivity index (χ1n) is 10.6. The molecule has 1 saturated heterocycles. The van der Waals surface area contributed by atoms with Crippen molar-refractivity contribution in [2.45, 2.75) is 45.8 Å². The number of fused-ring (bicyclic) bond motifs is 1. The Kier molecular flexibility index (Phi) is 6.38. The Morgan fingerprint density at radius 2 is 2.10 bits per heavy atom. The van der Waals surface area contributed by atoms with Gasteiger partial charge in [0.15, 0.2) is 5.13 Å². The second kappa shape index (κ2) is 9.20. The van der Waals surface area contributed by atoms with Gasteiger partial charge >= 0.3 is 0 Å². The molecule has 1 aromatic carbocycles. The Bertz CT molecular complexity index is 1070. The summed E-state index contributed by atoms with van der Waals surface area (Å²) < 4.78 is 11.9. The van der Waals surface area contributed by atoms with Crippen LogP contribution in [-0.2, 0) is 4.79 Å². The zero-order chi connectivity index (χ0) is 22.0. The lowest BCUT2D eigenvalue weighted by atomic mass is 10.1. The average Bonchev–Trinajstić information content (AvgIpc) is 3.39. The standard InChI is InChI=1S/C23H28N4O3S/c1-5-15-9-17(12-27(15)6-2)30-22-11-20(21-13-31-23(26-21)24-14(3)28)25-19-10-16(29-4)7-8-18(19)22/h7-8,10-11,13,15,17H,5-6,9,12H2,1-4H3,(H,24,26,28). The number of carbonyl (C=O) groups excluding carboxylic acids is 1. The molecule has 1 fully saturated rings. The summed E-state index contributed by atoms with van der Waals surface area (Å²) in [5, 5.41) is 6.13. The van der Waals surface area contributed by atoms with Crippen molar-refractivity contribution in [3.05, 3.63) is 29.6 Å². The van der Waals surface area contributed by atoms with Crippen LogP contribution < -0.4 is 14.8 Å². The molecule has 0 bridgehead atoms. The summed E-state index contributed by atoms with van der Waals surface area (Å²) in [6, 6.07) is 8.34. The number of methoxy groups -OCH3 is 1. The van der Waals surface area contributed by atoms with Gasteiger partial charge in [-0.3, -0.25) is 9.69 Å². The minimum atomic E-state index is -0.145. The van der Waals surface area contributed by atoms with E-state index in [9.17, 15) is 4.79 Å². The van der Waals surface area contributed by atoms with E-state index in [1.165, 1.54) is 18.3 Å². The SMILES string of the molecule is CCC1CC(Oc2cc(-c3csc(NC(C)=O)n3)nc3cc(OC)ccc23)CN1CC. The highest BCUT2D eigenvalue weighted by Crippen LogP contribution is 2.35. The molecule has 1 aliphatic rings. The number of likely N-dealkylation sites (N-methyl/N-ethyl adjacent to an activating group) is 1. The van der Waals surface area contributed by atoms with Crippen molar-refractivity contribution >= 4 is 33.3 Å². The number of nitrogens with one attached hydrogen (secondary N) is 1. The van der Waals surface area contributed by atoms with Crippen molar-refractivity contribution in [3.8, 4) is 22.9 Å². The third-order valence-electron chi connectivity index (χ3n) is 5.69. The van der Waals surface area contributed by atoms with Crippen molar-refractivity contribution in [3.63, 3.8) is 0 Å². The van der Waals surface area contributed by atoms with Crippen LogP contribution in [0.4, 0.5) is 5.13 Å². The van der Waals surface area contributed by atoms with Crippen LogP contribution in [-0.4, -0.2) is 53.1 Å². The van der Waals surface area contributed by atoms with Gasteiger partial charge in [0, 0.05) is 48.8 Å². The lowest BCUT2D eigenvalue weighted by molar-refractivity contribution is -0.114. The van der Waals surface area contributed by atoms with Gasteiger partial charge in [0.25, 0.3) is 0 Å². The fourth-order valence-corrected chi connectivity index (χ4v) is 4.90. The number of likely N-dealkylation sites (tertiary alicyclic amines) is 1. The smallest absolute Gasteiger partial charge is 0.223 e. The molecule has 3 heterocycles. The van der Waals surface area contributed by atoms with Gasteiger partial charge in [-0.2, -0.15) is 0 Å². The molecule has 7 nitrogen and oxygen atoms in total. The molecule has 8 heteroatoms. The van der Waals surface area contributed by atoms with Gasteiger partial charge in [0.2, 0.25) is 5.91 Å². The summed E-state index contributed by atoms with van der Waals surface area (Å²) >= 11 is 1.38. The van der Waals surface area contributed by atoms with E-state index >= 15 is 0 Å². The summed E-state index contributed by atoms with van der Waals surface area (Å²) in [7, 11) is 1.64. The fraction of sp³-hybridized carbons (Fsp3) is 0.435. The first kappa shape index (κ1) is 21.5. The second-order valence-electron chi connectivity index (χ2n) is 7.73. The highest BCUT2D eigenvalue weighted by molar-refractivity contribution is 7.14. The van der Waals surface area contributed by atoms with Crippen molar-refractivity contribution in [2.24, 2.45) is 0 Å². The van der Waals surface area contributed by atoms with E-state index in [-0.39, 0.29) is 12.0 Å². The second-order valence-corrected chi connectivity index (χ2v) is 8.59. The first-order chi connectivity index (χ1) is 15.0. The van der Waals surface area contributed by atoms with Crippen LogP contribution in [0, 0.1) is 0 Å². The fourth-order valence-electron chi connectivity index (χ4n) is 4.15. The van der Waals surface area contributed by atoms with Crippen LogP contribution in [0.15, 0.2) is 29.6 Å². The van der Waals surface area contributed by atoms with Crippen LogP contribution >= 0.6 is 11.3 Å². The number of amides is 1. The number of anilines is 1. The van der Waals surface area contributed by atoms with Crippen LogP contribution in [0.25, 0.3) is 22.3 Å². The molecule has 2 aromatic heterocycles. The average molecular weight is 441 g/mol. The predicted molar refractivity (Wildman–Crippen MR) is 124 cm³/mol. The third-order valence-corrected chi connectivity index (χ3v) is 6.45. The Morgan fingerprint density at radius 3 is 2.77 bits per heavy atom. The van der Waals surface area contributed by atoms with Crippen LogP contribution in [0.3, 0.4) is 0 Å². The summed E-state index contributed by atoms with van der Waals surface area (Å²) in [5.41, 5.74) is 2.20. The van der Waals surface area contributed by atoms with Crippen LogP contribution in [0.2, 0.25) is 0 Å². The molecule has 1 amide bonds. The van der Waals surface area contributed by atoms with E-state index in [2.05, 4.69) is 29.0 Å². The summed E-state index contributed by atoms with van der Waals surface area (Å²) in [6.07, 6.45) is 2.27. The van der Waals surface area contributed by atoms with Crippen molar-refractivity contribution < 1.29 is 14.3 Å². The first-order valence-corrected chi connectivity index (χ1v) is 11.5. The van der Waals surface area contributed by atoms with E-state index in [4.69, 9.17) is 14.5 Å². The zero-order valence-electron chi connectivity index (χ0n) is 18.3. The number of nitrogens with zero attached hydrogens (tertiary/aromatic N) is 3. The number of rotatable bonds is 7. The monoisotopic (exact) mass is 440 g/mol. The topological polar surface area (TPSA) is 76.6 Å².